The summed E-state index contributed by atoms with van der Waals surface area (Å²) < 4.78 is 4.59. The van der Waals surface area contributed by atoms with Crippen molar-refractivity contribution in [3.63, 3.8) is 0 Å². The van der Waals surface area contributed by atoms with Crippen LogP contribution >= 0.6 is 0 Å². The van der Waals surface area contributed by atoms with E-state index in [4.69, 9.17) is 0 Å². The number of methoxy groups -OCH3 is 1. The van der Waals surface area contributed by atoms with Gasteiger partial charge in [-0.15, -0.1) is 0 Å². The number of ketones is 1. The highest BCUT2D eigenvalue weighted by Gasteiger charge is 2.17. The van der Waals surface area contributed by atoms with Crippen molar-refractivity contribution >= 4 is 11.8 Å². The third-order valence-electron chi connectivity index (χ3n) is 2.84. The van der Waals surface area contributed by atoms with Crippen LogP contribution in [0.1, 0.15) is 59.3 Å². The van der Waals surface area contributed by atoms with Gasteiger partial charge >= 0.3 is 5.97 Å². The van der Waals surface area contributed by atoms with E-state index in [9.17, 15) is 9.59 Å². The fourth-order valence-electron chi connectivity index (χ4n) is 1.75. The summed E-state index contributed by atoms with van der Waals surface area (Å²) in [4.78, 5) is 21.7. The van der Waals surface area contributed by atoms with Gasteiger partial charge < -0.3 is 9.53 Å². The van der Waals surface area contributed by atoms with Gasteiger partial charge in [0.1, 0.15) is 5.78 Å². The molecule has 0 saturated carbocycles. The van der Waals surface area contributed by atoms with Gasteiger partial charge in [-0.25, -0.2) is 0 Å². The van der Waals surface area contributed by atoms with Crippen LogP contribution in [0.4, 0.5) is 0 Å². The molecule has 94 valence electrons. The molecular weight excluding hydrogens is 204 g/mol. The Hall–Kier alpha value is -0.860. The zero-order valence-corrected chi connectivity index (χ0v) is 11.0. The zero-order chi connectivity index (χ0) is 12.6. The molecular formula is C13H24O3. The highest BCUT2D eigenvalue weighted by Crippen LogP contribution is 2.29. The van der Waals surface area contributed by atoms with Crippen LogP contribution in [0, 0.1) is 5.41 Å². The van der Waals surface area contributed by atoms with Crippen molar-refractivity contribution in [3.05, 3.63) is 0 Å². The Morgan fingerprint density at radius 1 is 1.06 bits per heavy atom. The van der Waals surface area contributed by atoms with Gasteiger partial charge in [-0.2, -0.15) is 0 Å². The van der Waals surface area contributed by atoms with Crippen molar-refractivity contribution in [3.8, 4) is 0 Å². The summed E-state index contributed by atoms with van der Waals surface area (Å²) in [7, 11) is 1.42. The monoisotopic (exact) mass is 228 g/mol. The molecule has 3 nitrogen and oxygen atoms in total. The van der Waals surface area contributed by atoms with Gasteiger partial charge in [0.25, 0.3) is 0 Å². The summed E-state index contributed by atoms with van der Waals surface area (Å²) in [5.41, 5.74) is 0.212. The molecule has 0 radical (unpaired) electrons. The average Bonchev–Trinajstić information content (AvgIpc) is 2.16. The number of hydrogen-bond donors (Lipinski definition) is 0. The van der Waals surface area contributed by atoms with Crippen molar-refractivity contribution < 1.29 is 14.3 Å². The minimum absolute atomic E-state index is 0.139. The van der Waals surface area contributed by atoms with Crippen LogP contribution in [-0.2, 0) is 14.3 Å². The number of carbonyl (C=O) groups excluding carboxylic acids is 2. The molecule has 0 fully saturated rings. The van der Waals surface area contributed by atoms with Crippen molar-refractivity contribution in [2.45, 2.75) is 59.3 Å². The van der Waals surface area contributed by atoms with Gasteiger partial charge in [0.15, 0.2) is 0 Å². The topological polar surface area (TPSA) is 43.4 Å². The molecule has 0 bridgehead atoms. The first-order chi connectivity index (χ1) is 7.37. The van der Waals surface area contributed by atoms with Gasteiger partial charge in [0, 0.05) is 12.8 Å². The largest absolute Gasteiger partial charge is 0.469 e. The summed E-state index contributed by atoms with van der Waals surface area (Å²) in [6, 6.07) is 0. The predicted molar refractivity (Wildman–Crippen MR) is 64.2 cm³/mol. The number of ether oxygens (including phenoxy) is 1. The number of hydrogen-bond acceptors (Lipinski definition) is 3. The molecule has 0 N–H and O–H groups in total. The number of rotatable bonds is 8. The molecule has 0 aliphatic carbocycles. The second kappa shape index (κ2) is 7.42. The quantitative estimate of drug-likeness (QED) is 0.599. The average molecular weight is 228 g/mol. The molecule has 0 spiro atoms. The Bertz CT molecular complexity index is 231. The Morgan fingerprint density at radius 2 is 1.56 bits per heavy atom. The Balaban J connectivity index is 3.69. The second-order valence-electron chi connectivity index (χ2n) is 5.15. The minimum Gasteiger partial charge on any atom is -0.469 e. The van der Waals surface area contributed by atoms with Gasteiger partial charge in [-0.1, -0.05) is 13.8 Å². The smallest absolute Gasteiger partial charge is 0.305 e. The first-order valence-electron chi connectivity index (χ1n) is 5.93. The molecule has 0 unspecified atom stereocenters. The fourth-order valence-corrected chi connectivity index (χ4v) is 1.75. The van der Waals surface area contributed by atoms with Crippen LogP contribution < -0.4 is 0 Å². The molecule has 0 rings (SSSR count). The van der Waals surface area contributed by atoms with Crippen LogP contribution in [0.3, 0.4) is 0 Å². The Labute approximate surface area is 98.6 Å². The maximum atomic E-state index is 10.9. The van der Waals surface area contributed by atoms with E-state index in [0.29, 0.717) is 12.8 Å². The Morgan fingerprint density at radius 3 is 2.00 bits per heavy atom. The van der Waals surface area contributed by atoms with E-state index >= 15 is 0 Å². The highest BCUT2D eigenvalue weighted by atomic mass is 16.5. The molecule has 0 saturated heterocycles. The van der Waals surface area contributed by atoms with E-state index in [2.05, 4.69) is 18.6 Å². The third kappa shape index (κ3) is 8.45. The van der Waals surface area contributed by atoms with Gasteiger partial charge in [0.2, 0.25) is 0 Å². The van der Waals surface area contributed by atoms with Gasteiger partial charge in [-0.3, -0.25) is 4.79 Å². The van der Waals surface area contributed by atoms with E-state index in [1.54, 1.807) is 6.92 Å². The highest BCUT2D eigenvalue weighted by molar-refractivity contribution is 5.75. The first-order valence-corrected chi connectivity index (χ1v) is 5.93. The van der Waals surface area contributed by atoms with Crippen LogP contribution in [0.2, 0.25) is 0 Å². The van der Waals surface area contributed by atoms with E-state index in [1.807, 2.05) is 0 Å². The third-order valence-corrected chi connectivity index (χ3v) is 2.84. The molecule has 0 aliphatic heterocycles. The van der Waals surface area contributed by atoms with Crippen LogP contribution in [-0.4, -0.2) is 18.9 Å². The molecule has 16 heavy (non-hydrogen) atoms. The lowest BCUT2D eigenvalue weighted by atomic mass is 9.82. The maximum Gasteiger partial charge on any atom is 0.305 e. The van der Waals surface area contributed by atoms with Crippen molar-refractivity contribution in [1.29, 1.82) is 0 Å². The lowest BCUT2D eigenvalue weighted by Crippen LogP contribution is -2.13. The van der Waals surface area contributed by atoms with E-state index < -0.39 is 0 Å². The molecule has 0 aromatic heterocycles. The standard InChI is InChI=1S/C13H24O3/c1-11(14)7-5-9-13(2,3)10-6-8-12(15)16-4/h5-10H2,1-4H3. The maximum absolute atomic E-state index is 10.9. The number of esters is 1. The van der Waals surface area contributed by atoms with Crippen molar-refractivity contribution in [1.82, 2.24) is 0 Å². The SMILES string of the molecule is COC(=O)CCCC(C)(C)CCCC(C)=O. The van der Waals surface area contributed by atoms with Gasteiger partial charge in [-0.05, 0) is 38.0 Å². The molecule has 0 atom stereocenters. The molecule has 0 heterocycles. The number of carbonyl (C=O) groups is 2. The predicted octanol–water partition coefficient (Wildman–Crippen LogP) is 3.12. The van der Waals surface area contributed by atoms with Crippen molar-refractivity contribution in [2.75, 3.05) is 7.11 Å². The first kappa shape index (κ1) is 15.1. The van der Waals surface area contributed by atoms with Crippen LogP contribution in [0.5, 0.6) is 0 Å². The molecule has 0 amide bonds. The van der Waals surface area contributed by atoms with Crippen LogP contribution in [0.25, 0.3) is 0 Å². The van der Waals surface area contributed by atoms with E-state index in [1.165, 1.54) is 7.11 Å². The number of Topliss-reactive ketones (excluding diaryl/α,β-unsaturated/α-hetero) is 1. The van der Waals surface area contributed by atoms with Crippen LogP contribution in [0.15, 0.2) is 0 Å². The van der Waals surface area contributed by atoms with E-state index in [0.717, 1.165) is 25.7 Å². The summed E-state index contributed by atoms with van der Waals surface area (Å²) in [6.07, 6.45) is 5.00. The summed E-state index contributed by atoms with van der Waals surface area (Å²) in [6.45, 7) is 6.00. The second-order valence-corrected chi connectivity index (χ2v) is 5.15. The summed E-state index contributed by atoms with van der Waals surface area (Å²) in [5.74, 6) is 0.116. The zero-order valence-electron chi connectivity index (χ0n) is 11.0. The normalized spacial score (nSPS) is 11.2. The molecule has 0 aromatic rings. The van der Waals surface area contributed by atoms with Gasteiger partial charge in [0.05, 0.1) is 7.11 Å². The molecule has 0 aromatic carbocycles. The fraction of sp³-hybridized carbons (Fsp3) is 0.846. The molecule has 3 heteroatoms. The summed E-state index contributed by atoms with van der Waals surface area (Å²) >= 11 is 0. The van der Waals surface area contributed by atoms with Crippen molar-refractivity contribution in [2.24, 2.45) is 5.41 Å². The lowest BCUT2D eigenvalue weighted by molar-refractivity contribution is -0.140. The van der Waals surface area contributed by atoms with E-state index in [-0.39, 0.29) is 17.2 Å². The molecule has 0 aliphatic rings. The lowest BCUT2D eigenvalue weighted by Gasteiger charge is -2.24. The Kier molecular flexibility index (Phi) is 7.02. The summed E-state index contributed by atoms with van der Waals surface area (Å²) in [5, 5.41) is 0. The minimum atomic E-state index is -0.139.